The van der Waals surface area contributed by atoms with E-state index in [0.29, 0.717) is 41.0 Å². The Hall–Kier alpha value is -3.74. The van der Waals surface area contributed by atoms with Crippen LogP contribution in [0.1, 0.15) is 51.1 Å². The van der Waals surface area contributed by atoms with E-state index in [1.807, 2.05) is 19.9 Å². The number of carbonyl (C=O) groups excluding carboxylic acids is 2. The second-order valence-electron chi connectivity index (χ2n) is 8.11. The van der Waals surface area contributed by atoms with Crippen molar-refractivity contribution in [3.05, 3.63) is 82.8 Å². The van der Waals surface area contributed by atoms with E-state index in [-0.39, 0.29) is 23.7 Å². The topological polar surface area (TPSA) is 97.1 Å². The molecule has 3 aromatic rings. The molecule has 4 N–H and O–H groups in total. The highest BCUT2D eigenvalue weighted by Crippen LogP contribution is 2.41. The molecule has 0 bridgehead atoms. The summed E-state index contributed by atoms with van der Waals surface area (Å²) in [5, 5.41) is 6.19. The van der Waals surface area contributed by atoms with Gasteiger partial charge in [-0.2, -0.15) is 0 Å². The zero-order valence-electron chi connectivity index (χ0n) is 18.0. The average molecular weight is 432 g/mol. The van der Waals surface area contributed by atoms with Gasteiger partial charge >= 0.3 is 0 Å². The third-order valence-electron chi connectivity index (χ3n) is 5.96. The van der Waals surface area contributed by atoms with Crippen LogP contribution in [-0.4, -0.2) is 29.4 Å². The van der Waals surface area contributed by atoms with E-state index < -0.39 is 5.91 Å². The summed E-state index contributed by atoms with van der Waals surface area (Å²) < 4.78 is 14.2. The van der Waals surface area contributed by atoms with Crippen molar-refractivity contribution in [2.24, 2.45) is 5.73 Å². The minimum Gasteiger partial charge on any atom is -0.379 e. The molecule has 2 unspecified atom stereocenters. The zero-order valence-corrected chi connectivity index (χ0v) is 18.0. The Kier molecular flexibility index (Phi) is 5.90. The monoisotopic (exact) mass is 432 g/mol. The maximum atomic E-state index is 14.2. The van der Waals surface area contributed by atoms with Gasteiger partial charge in [-0.25, -0.2) is 4.39 Å². The fourth-order valence-electron chi connectivity index (χ4n) is 4.30. The van der Waals surface area contributed by atoms with Crippen LogP contribution in [0.5, 0.6) is 0 Å². The molecule has 6 nitrogen and oxygen atoms in total. The Morgan fingerprint density at radius 1 is 1.16 bits per heavy atom. The van der Waals surface area contributed by atoms with Crippen molar-refractivity contribution < 1.29 is 14.0 Å². The van der Waals surface area contributed by atoms with Gasteiger partial charge in [0, 0.05) is 41.4 Å². The minimum absolute atomic E-state index is 0.0857. The first-order chi connectivity index (χ1) is 15.3. The molecule has 2 amide bonds. The van der Waals surface area contributed by atoms with Gasteiger partial charge < -0.3 is 16.4 Å². The molecule has 1 aliphatic rings. The van der Waals surface area contributed by atoms with Crippen LogP contribution in [0.3, 0.4) is 0 Å². The summed E-state index contributed by atoms with van der Waals surface area (Å²) in [6.07, 6.45) is 2.25. The first-order valence-electron chi connectivity index (χ1n) is 10.5. The average Bonchev–Trinajstić information content (AvgIpc) is 3.14. The van der Waals surface area contributed by atoms with Crippen LogP contribution < -0.4 is 16.4 Å². The summed E-state index contributed by atoms with van der Waals surface area (Å²) >= 11 is 0. The summed E-state index contributed by atoms with van der Waals surface area (Å²) in [6, 6.07) is 13.5. The number of hydrogen-bond acceptors (Lipinski definition) is 4. The maximum Gasteiger partial charge on any atom is 0.251 e. The highest BCUT2D eigenvalue weighted by Gasteiger charge is 2.32. The van der Waals surface area contributed by atoms with Gasteiger partial charge in [0.2, 0.25) is 5.91 Å². The van der Waals surface area contributed by atoms with Crippen LogP contribution in [0.2, 0.25) is 0 Å². The number of primary amides is 1. The maximum absolute atomic E-state index is 14.2. The van der Waals surface area contributed by atoms with E-state index >= 15 is 0 Å². The van der Waals surface area contributed by atoms with Gasteiger partial charge in [-0.1, -0.05) is 18.2 Å². The lowest BCUT2D eigenvalue weighted by Crippen LogP contribution is -2.27. The summed E-state index contributed by atoms with van der Waals surface area (Å²) in [5.41, 5.74) is 10.1. The number of rotatable bonds is 6. The van der Waals surface area contributed by atoms with Crippen molar-refractivity contribution in [3.8, 4) is 11.3 Å². The van der Waals surface area contributed by atoms with E-state index in [0.717, 1.165) is 11.1 Å². The van der Waals surface area contributed by atoms with E-state index in [2.05, 4.69) is 15.6 Å². The molecule has 164 valence electrons. The molecule has 4 rings (SSSR count). The normalized spacial score (nSPS) is 16.8. The molecule has 0 spiro atoms. The number of amides is 2. The van der Waals surface area contributed by atoms with Gasteiger partial charge in [0.15, 0.2) is 0 Å². The SMILES string of the molecule is Cc1ccc(F)c2c1C(CCNC(=O)c1ccnc(-c3cccc(C(N)=O)c3)c1)C(C)N2. The van der Waals surface area contributed by atoms with Crippen molar-refractivity contribution in [2.75, 3.05) is 11.9 Å². The minimum atomic E-state index is -0.520. The molecular formula is C25H25FN4O2. The Morgan fingerprint density at radius 3 is 2.75 bits per heavy atom. The van der Waals surface area contributed by atoms with Crippen molar-refractivity contribution in [2.45, 2.75) is 32.2 Å². The number of halogens is 1. The van der Waals surface area contributed by atoms with Gasteiger partial charge in [0.1, 0.15) is 5.82 Å². The fourth-order valence-corrected chi connectivity index (χ4v) is 4.30. The number of nitrogens with zero attached hydrogens (tertiary/aromatic N) is 1. The highest BCUT2D eigenvalue weighted by molar-refractivity contribution is 5.96. The lowest BCUT2D eigenvalue weighted by molar-refractivity contribution is 0.0951. The summed E-state index contributed by atoms with van der Waals surface area (Å²) in [7, 11) is 0. The van der Waals surface area contributed by atoms with Crippen molar-refractivity contribution in [1.82, 2.24) is 10.3 Å². The molecule has 1 aromatic heterocycles. The predicted octanol–water partition coefficient (Wildman–Crippen LogP) is 4.01. The molecule has 0 saturated heterocycles. The molecule has 0 saturated carbocycles. The first-order valence-corrected chi connectivity index (χ1v) is 10.5. The number of hydrogen-bond donors (Lipinski definition) is 3. The highest BCUT2D eigenvalue weighted by atomic mass is 19.1. The van der Waals surface area contributed by atoms with Crippen molar-refractivity contribution >= 4 is 17.5 Å². The van der Waals surface area contributed by atoms with Gasteiger partial charge in [-0.15, -0.1) is 0 Å². The number of aromatic nitrogens is 1. The number of nitrogens with two attached hydrogens (primary N) is 1. The number of benzene rings is 2. The quantitative estimate of drug-likeness (QED) is 0.548. The van der Waals surface area contributed by atoms with E-state index in [9.17, 15) is 14.0 Å². The van der Waals surface area contributed by atoms with Crippen LogP contribution in [0, 0.1) is 12.7 Å². The van der Waals surface area contributed by atoms with Crippen molar-refractivity contribution in [3.63, 3.8) is 0 Å². The summed E-state index contributed by atoms with van der Waals surface area (Å²) in [5.74, 6) is -0.859. The van der Waals surface area contributed by atoms with Gasteiger partial charge in [0.25, 0.3) is 5.91 Å². The smallest absolute Gasteiger partial charge is 0.251 e. The van der Waals surface area contributed by atoms with Crippen LogP contribution in [0.4, 0.5) is 10.1 Å². The Bertz CT molecular complexity index is 1190. The molecule has 1 aliphatic heterocycles. The molecule has 2 aromatic carbocycles. The van der Waals surface area contributed by atoms with Crippen molar-refractivity contribution in [1.29, 1.82) is 0 Å². The molecule has 0 aliphatic carbocycles. The standard InChI is InChI=1S/C25H25FN4O2/c1-14-6-7-20(26)23-22(14)19(15(2)30-23)9-11-29-25(32)18-8-10-28-21(13-18)16-4-3-5-17(12-16)24(27)31/h3-8,10,12-13,15,19,30H,9,11H2,1-2H3,(H2,27,31)(H,29,32). The number of nitrogens with one attached hydrogen (secondary N) is 2. The van der Waals surface area contributed by atoms with E-state index in [4.69, 9.17) is 5.73 Å². The number of fused-ring (bicyclic) bond motifs is 1. The predicted molar refractivity (Wildman–Crippen MR) is 122 cm³/mol. The second kappa shape index (κ2) is 8.78. The third-order valence-corrected chi connectivity index (χ3v) is 5.96. The molecular weight excluding hydrogens is 407 g/mol. The fraction of sp³-hybridized carbons (Fsp3) is 0.240. The number of pyridine rings is 1. The summed E-state index contributed by atoms with van der Waals surface area (Å²) in [4.78, 5) is 28.5. The van der Waals surface area contributed by atoms with Gasteiger partial charge in [0.05, 0.1) is 11.4 Å². The van der Waals surface area contributed by atoms with E-state index in [1.54, 1.807) is 42.6 Å². The number of anilines is 1. The molecule has 0 radical (unpaired) electrons. The second-order valence-corrected chi connectivity index (χ2v) is 8.11. The van der Waals surface area contributed by atoms with Crippen LogP contribution >= 0.6 is 0 Å². The molecule has 2 heterocycles. The van der Waals surface area contributed by atoms with E-state index in [1.165, 1.54) is 6.07 Å². The number of carbonyl (C=O) groups is 2. The third kappa shape index (κ3) is 4.19. The largest absolute Gasteiger partial charge is 0.379 e. The zero-order chi connectivity index (χ0) is 22.8. The molecule has 32 heavy (non-hydrogen) atoms. The lowest BCUT2D eigenvalue weighted by atomic mass is 9.89. The molecule has 7 heteroatoms. The van der Waals surface area contributed by atoms with Crippen LogP contribution in [-0.2, 0) is 0 Å². The van der Waals surface area contributed by atoms with Gasteiger partial charge in [-0.05, 0) is 61.7 Å². The lowest BCUT2D eigenvalue weighted by Gasteiger charge is -2.18. The molecule has 2 atom stereocenters. The first kappa shape index (κ1) is 21.5. The molecule has 0 fully saturated rings. The number of aryl methyl sites for hydroxylation is 1. The Balaban J connectivity index is 1.44. The Morgan fingerprint density at radius 2 is 1.97 bits per heavy atom. The Labute approximate surface area is 186 Å². The van der Waals surface area contributed by atoms with Crippen LogP contribution in [0.25, 0.3) is 11.3 Å². The summed E-state index contributed by atoms with van der Waals surface area (Å²) in [6.45, 7) is 4.47. The van der Waals surface area contributed by atoms with Gasteiger partial charge in [-0.3, -0.25) is 14.6 Å². The van der Waals surface area contributed by atoms with Crippen LogP contribution in [0.15, 0.2) is 54.7 Å².